The van der Waals surface area contributed by atoms with Gasteiger partial charge in [-0.1, -0.05) is 5.16 Å². The lowest BCUT2D eigenvalue weighted by atomic mass is 10.2. The van der Waals surface area contributed by atoms with Gasteiger partial charge < -0.3 is 19.3 Å². The molecule has 6 nitrogen and oxygen atoms in total. The van der Waals surface area contributed by atoms with E-state index >= 15 is 0 Å². The average molecular weight is 290 g/mol. The van der Waals surface area contributed by atoms with Gasteiger partial charge in [0.15, 0.2) is 11.5 Å². The largest absolute Gasteiger partial charge is 0.493 e. The fraction of sp³-hybridized carbons (Fsp3) is 0.333. The summed E-state index contributed by atoms with van der Waals surface area (Å²) in [6, 6.07) is 6.89. The summed E-state index contributed by atoms with van der Waals surface area (Å²) in [6.45, 7) is 2.32. The molecule has 1 amide bonds. The van der Waals surface area contributed by atoms with Gasteiger partial charge >= 0.3 is 0 Å². The molecular weight excluding hydrogens is 272 g/mol. The van der Waals surface area contributed by atoms with Crippen molar-refractivity contribution in [1.82, 2.24) is 10.5 Å². The van der Waals surface area contributed by atoms with Gasteiger partial charge in [-0.2, -0.15) is 0 Å². The zero-order valence-electron chi connectivity index (χ0n) is 12.3. The monoisotopic (exact) mass is 290 g/mol. The first-order valence-electron chi connectivity index (χ1n) is 6.56. The van der Waals surface area contributed by atoms with E-state index in [9.17, 15) is 4.79 Å². The Bertz CT molecular complexity index is 622. The van der Waals surface area contributed by atoms with Crippen LogP contribution in [0.4, 0.5) is 0 Å². The van der Waals surface area contributed by atoms with Crippen molar-refractivity contribution in [3.63, 3.8) is 0 Å². The molecule has 0 aliphatic carbocycles. The summed E-state index contributed by atoms with van der Waals surface area (Å²) in [4.78, 5) is 12.1. The molecule has 0 saturated heterocycles. The number of nitrogens with one attached hydrogen (secondary N) is 1. The highest BCUT2D eigenvalue weighted by Crippen LogP contribution is 2.27. The molecule has 1 N–H and O–H groups in total. The number of aromatic nitrogens is 1. The zero-order valence-corrected chi connectivity index (χ0v) is 12.3. The van der Waals surface area contributed by atoms with Gasteiger partial charge in [-0.15, -0.1) is 0 Å². The van der Waals surface area contributed by atoms with Crippen molar-refractivity contribution in [2.75, 3.05) is 20.8 Å². The smallest absolute Gasteiger partial charge is 0.251 e. The summed E-state index contributed by atoms with van der Waals surface area (Å²) in [6.07, 6.45) is 0.621. The molecule has 0 atom stereocenters. The maximum Gasteiger partial charge on any atom is 0.251 e. The molecule has 2 aromatic rings. The Morgan fingerprint density at radius 1 is 1.24 bits per heavy atom. The highest BCUT2D eigenvalue weighted by Gasteiger charge is 2.10. The maximum absolute atomic E-state index is 12.1. The van der Waals surface area contributed by atoms with Gasteiger partial charge in [0.25, 0.3) is 5.91 Å². The third kappa shape index (κ3) is 3.75. The molecule has 0 aliphatic heterocycles. The lowest BCUT2D eigenvalue weighted by Gasteiger charge is -2.09. The van der Waals surface area contributed by atoms with Crippen LogP contribution in [0.25, 0.3) is 0 Å². The lowest BCUT2D eigenvalue weighted by Crippen LogP contribution is -2.25. The first-order valence-corrected chi connectivity index (χ1v) is 6.56. The molecule has 2 rings (SSSR count). The predicted octanol–water partition coefficient (Wildman–Crippen LogP) is 1.97. The second-order valence-electron chi connectivity index (χ2n) is 4.50. The van der Waals surface area contributed by atoms with Gasteiger partial charge in [-0.25, -0.2) is 0 Å². The van der Waals surface area contributed by atoms with Crippen LogP contribution in [-0.2, 0) is 6.42 Å². The van der Waals surface area contributed by atoms with Crippen LogP contribution in [0, 0.1) is 6.92 Å². The normalized spacial score (nSPS) is 10.2. The molecule has 0 spiro atoms. The number of carbonyl (C=O) groups excluding carboxylic acids is 1. The quantitative estimate of drug-likeness (QED) is 0.880. The minimum atomic E-state index is -0.170. The Morgan fingerprint density at radius 3 is 2.62 bits per heavy atom. The first-order chi connectivity index (χ1) is 10.1. The Morgan fingerprint density at radius 2 is 2.00 bits per heavy atom. The van der Waals surface area contributed by atoms with Crippen LogP contribution in [0.1, 0.15) is 21.8 Å². The number of methoxy groups -OCH3 is 2. The number of carbonyl (C=O) groups is 1. The lowest BCUT2D eigenvalue weighted by molar-refractivity contribution is 0.0953. The Hall–Kier alpha value is -2.50. The number of hydrogen-bond donors (Lipinski definition) is 1. The van der Waals surface area contributed by atoms with E-state index in [1.54, 1.807) is 25.3 Å². The molecule has 0 bridgehead atoms. The van der Waals surface area contributed by atoms with Crippen LogP contribution < -0.4 is 14.8 Å². The molecule has 0 saturated carbocycles. The number of nitrogens with zero attached hydrogens (tertiary/aromatic N) is 1. The van der Waals surface area contributed by atoms with E-state index < -0.39 is 0 Å². The number of ether oxygens (including phenoxy) is 2. The molecule has 1 aromatic heterocycles. The summed E-state index contributed by atoms with van der Waals surface area (Å²) in [5, 5.41) is 6.70. The first kappa shape index (κ1) is 14.9. The summed E-state index contributed by atoms with van der Waals surface area (Å²) in [5.74, 6) is 1.71. The number of benzene rings is 1. The summed E-state index contributed by atoms with van der Waals surface area (Å²) >= 11 is 0. The highest BCUT2D eigenvalue weighted by molar-refractivity contribution is 5.94. The standard InChI is InChI=1S/C15H18N2O4/c1-10-8-12(17-21-10)6-7-16-15(18)11-4-5-13(19-2)14(9-11)20-3/h4-5,8-9H,6-7H2,1-3H3,(H,16,18). The van der Waals surface area contributed by atoms with E-state index in [1.165, 1.54) is 7.11 Å². The Labute approximate surface area is 123 Å². The van der Waals surface area contributed by atoms with Crippen LogP contribution in [-0.4, -0.2) is 31.8 Å². The van der Waals surface area contributed by atoms with Gasteiger partial charge in [-0.3, -0.25) is 4.79 Å². The molecule has 0 unspecified atom stereocenters. The van der Waals surface area contributed by atoms with Crippen molar-refractivity contribution in [3.8, 4) is 11.5 Å². The van der Waals surface area contributed by atoms with Crippen molar-refractivity contribution in [3.05, 3.63) is 41.3 Å². The van der Waals surface area contributed by atoms with Crippen LogP contribution >= 0.6 is 0 Å². The highest BCUT2D eigenvalue weighted by atomic mass is 16.5. The van der Waals surface area contributed by atoms with Crippen molar-refractivity contribution in [2.45, 2.75) is 13.3 Å². The Balaban J connectivity index is 1.93. The summed E-state index contributed by atoms with van der Waals surface area (Å²) in [7, 11) is 3.09. The minimum Gasteiger partial charge on any atom is -0.493 e. The third-order valence-electron chi connectivity index (χ3n) is 2.99. The van der Waals surface area contributed by atoms with Gasteiger partial charge in [0, 0.05) is 24.6 Å². The van der Waals surface area contributed by atoms with Gasteiger partial charge in [0.1, 0.15) is 5.76 Å². The molecule has 6 heteroatoms. The fourth-order valence-corrected chi connectivity index (χ4v) is 1.92. The number of aryl methyl sites for hydroxylation is 1. The molecule has 0 aliphatic rings. The predicted molar refractivity (Wildman–Crippen MR) is 76.8 cm³/mol. The second kappa shape index (κ2) is 6.78. The number of amides is 1. The van der Waals surface area contributed by atoms with E-state index in [0.717, 1.165) is 11.5 Å². The third-order valence-corrected chi connectivity index (χ3v) is 2.99. The minimum absolute atomic E-state index is 0.170. The van der Waals surface area contributed by atoms with Gasteiger partial charge in [-0.05, 0) is 25.1 Å². The average Bonchev–Trinajstić information content (AvgIpc) is 2.91. The summed E-state index contributed by atoms with van der Waals surface area (Å²) < 4.78 is 15.3. The van der Waals surface area contributed by atoms with Crippen LogP contribution in [0.3, 0.4) is 0 Å². The maximum atomic E-state index is 12.1. The van der Waals surface area contributed by atoms with Crippen molar-refractivity contribution < 1.29 is 18.8 Å². The van der Waals surface area contributed by atoms with Gasteiger partial charge in [0.05, 0.1) is 19.9 Å². The molecular formula is C15H18N2O4. The SMILES string of the molecule is COc1ccc(C(=O)NCCc2cc(C)on2)cc1OC. The van der Waals surface area contributed by atoms with E-state index in [-0.39, 0.29) is 5.91 Å². The van der Waals surface area contributed by atoms with Gasteiger partial charge in [0.2, 0.25) is 0 Å². The molecule has 0 radical (unpaired) electrons. The van der Waals surface area contributed by atoms with E-state index in [2.05, 4.69) is 10.5 Å². The molecule has 0 fully saturated rings. The number of rotatable bonds is 6. The Kier molecular flexibility index (Phi) is 4.81. The molecule has 1 heterocycles. The zero-order chi connectivity index (χ0) is 15.2. The van der Waals surface area contributed by atoms with E-state index in [1.807, 2.05) is 13.0 Å². The van der Waals surface area contributed by atoms with E-state index in [0.29, 0.717) is 30.0 Å². The van der Waals surface area contributed by atoms with Crippen LogP contribution in [0.5, 0.6) is 11.5 Å². The molecule has 112 valence electrons. The number of hydrogen-bond acceptors (Lipinski definition) is 5. The van der Waals surface area contributed by atoms with E-state index in [4.69, 9.17) is 14.0 Å². The van der Waals surface area contributed by atoms with Crippen LogP contribution in [0.2, 0.25) is 0 Å². The second-order valence-corrected chi connectivity index (χ2v) is 4.50. The van der Waals surface area contributed by atoms with Crippen molar-refractivity contribution >= 4 is 5.91 Å². The molecule has 21 heavy (non-hydrogen) atoms. The van der Waals surface area contributed by atoms with Crippen molar-refractivity contribution in [2.24, 2.45) is 0 Å². The molecule has 1 aromatic carbocycles. The van der Waals surface area contributed by atoms with Crippen LogP contribution in [0.15, 0.2) is 28.8 Å². The topological polar surface area (TPSA) is 73.6 Å². The fourth-order valence-electron chi connectivity index (χ4n) is 1.92. The van der Waals surface area contributed by atoms with Crippen molar-refractivity contribution in [1.29, 1.82) is 0 Å². The summed E-state index contributed by atoms with van der Waals surface area (Å²) in [5.41, 5.74) is 1.34.